The van der Waals surface area contributed by atoms with E-state index in [1.54, 1.807) is 36.4 Å². The number of hydrogen-bond donors (Lipinski definition) is 0. The monoisotopic (exact) mass is 426 g/mol. The smallest absolute Gasteiger partial charge is 0.165 e. The first-order valence-corrected chi connectivity index (χ1v) is 10.2. The molecule has 33 heavy (non-hydrogen) atoms. The van der Waals surface area contributed by atoms with Crippen LogP contribution in [0.25, 0.3) is 34.2 Å². The summed E-state index contributed by atoms with van der Waals surface area (Å²) < 4.78 is 0. The predicted molar refractivity (Wildman–Crippen MR) is 124 cm³/mol. The Kier molecular flexibility index (Phi) is 5.64. The number of benzene rings is 3. The minimum absolute atomic E-state index is 0.306. The number of hydrogen-bond acceptors (Lipinski definition) is 6. The van der Waals surface area contributed by atoms with E-state index < -0.39 is 0 Å². The summed E-state index contributed by atoms with van der Waals surface area (Å²) in [7, 11) is 0. The lowest BCUT2D eigenvalue weighted by Gasteiger charge is -2.11. The summed E-state index contributed by atoms with van der Waals surface area (Å²) in [6, 6.07) is 23.0. The molecule has 4 aromatic rings. The lowest BCUT2D eigenvalue weighted by molar-refractivity contribution is 1.07. The third-order valence-corrected chi connectivity index (χ3v) is 5.24. The van der Waals surface area contributed by atoms with Gasteiger partial charge in [0.05, 0.1) is 34.9 Å². The van der Waals surface area contributed by atoms with Crippen molar-refractivity contribution >= 4 is 0 Å². The van der Waals surface area contributed by atoms with Crippen molar-refractivity contribution in [1.82, 2.24) is 15.0 Å². The third-order valence-electron chi connectivity index (χ3n) is 5.24. The molecular formula is C27H18N6. The molecule has 156 valence electrons. The second kappa shape index (κ2) is 8.71. The zero-order chi connectivity index (χ0) is 23.5. The fourth-order valence-corrected chi connectivity index (χ4v) is 3.57. The zero-order valence-electron chi connectivity index (χ0n) is 18.4. The molecular weight excluding hydrogens is 408 g/mol. The van der Waals surface area contributed by atoms with Crippen molar-refractivity contribution < 1.29 is 0 Å². The van der Waals surface area contributed by atoms with Gasteiger partial charge in [-0.1, -0.05) is 18.2 Å². The molecule has 6 nitrogen and oxygen atoms in total. The van der Waals surface area contributed by atoms with E-state index in [1.165, 1.54) is 0 Å². The Morgan fingerprint density at radius 1 is 0.485 bits per heavy atom. The Morgan fingerprint density at radius 3 is 1.00 bits per heavy atom. The summed E-state index contributed by atoms with van der Waals surface area (Å²) in [4.78, 5) is 13.9. The van der Waals surface area contributed by atoms with Crippen LogP contribution in [0.2, 0.25) is 0 Å². The molecule has 0 radical (unpaired) electrons. The van der Waals surface area contributed by atoms with Gasteiger partial charge in [-0.15, -0.1) is 0 Å². The highest BCUT2D eigenvalue weighted by atomic mass is 15.0. The fraction of sp³-hybridized carbons (Fsp3) is 0.111. The van der Waals surface area contributed by atoms with Gasteiger partial charge >= 0.3 is 0 Å². The number of aromatic nitrogens is 3. The third kappa shape index (κ3) is 4.17. The first-order chi connectivity index (χ1) is 15.9. The summed E-state index contributed by atoms with van der Waals surface area (Å²) >= 11 is 0. The van der Waals surface area contributed by atoms with Crippen LogP contribution in [0.5, 0.6) is 0 Å². The number of aryl methyl sites for hydroxylation is 3. The van der Waals surface area contributed by atoms with E-state index in [-0.39, 0.29) is 0 Å². The van der Waals surface area contributed by atoms with Crippen molar-refractivity contribution in [3.05, 3.63) is 88.0 Å². The lowest BCUT2D eigenvalue weighted by Crippen LogP contribution is -2.03. The second-order valence-corrected chi connectivity index (χ2v) is 7.79. The van der Waals surface area contributed by atoms with Gasteiger partial charge in [0.2, 0.25) is 0 Å². The molecule has 1 aromatic heterocycles. The average Bonchev–Trinajstić information content (AvgIpc) is 2.83. The van der Waals surface area contributed by atoms with Crippen LogP contribution in [0, 0.1) is 54.8 Å². The van der Waals surface area contributed by atoms with Crippen LogP contribution in [0.4, 0.5) is 0 Å². The molecule has 0 saturated heterocycles. The molecule has 0 unspecified atom stereocenters. The van der Waals surface area contributed by atoms with Crippen molar-refractivity contribution in [3.63, 3.8) is 0 Å². The van der Waals surface area contributed by atoms with E-state index in [0.29, 0.717) is 50.9 Å². The van der Waals surface area contributed by atoms with Crippen molar-refractivity contribution in [2.45, 2.75) is 20.8 Å². The van der Waals surface area contributed by atoms with Crippen molar-refractivity contribution in [2.24, 2.45) is 0 Å². The Morgan fingerprint density at radius 2 is 0.758 bits per heavy atom. The Labute approximate surface area is 192 Å². The highest BCUT2D eigenvalue weighted by Gasteiger charge is 2.18. The molecule has 6 heteroatoms. The molecule has 0 aliphatic heterocycles. The average molecular weight is 426 g/mol. The quantitative estimate of drug-likeness (QED) is 0.433. The predicted octanol–water partition coefficient (Wildman–Crippen LogP) is 5.41. The summed E-state index contributed by atoms with van der Waals surface area (Å²) in [5.41, 5.74) is 5.82. The number of nitrogens with zero attached hydrogens (tertiary/aromatic N) is 6. The molecule has 0 bridgehead atoms. The molecule has 0 fully saturated rings. The molecule has 0 aliphatic carbocycles. The Bertz CT molecular complexity index is 1330. The SMILES string of the molecule is Cc1ccc(-c2nc(-c3ccc(C)cc3C#N)nc(-c3ccc(C)cc3C#N)n2)c(C#N)c1. The maximum atomic E-state index is 9.69. The Hall–Kier alpha value is -4.86. The maximum Gasteiger partial charge on any atom is 0.165 e. The highest BCUT2D eigenvalue weighted by molar-refractivity contribution is 5.74. The summed E-state index contributed by atoms with van der Waals surface area (Å²) in [6.07, 6.45) is 0. The van der Waals surface area contributed by atoms with Gasteiger partial charge in [-0.25, -0.2) is 15.0 Å². The van der Waals surface area contributed by atoms with Crippen LogP contribution in [0.1, 0.15) is 33.4 Å². The topological polar surface area (TPSA) is 110 Å². The van der Waals surface area contributed by atoms with Gasteiger partial charge in [0, 0.05) is 16.7 Å². The van der Waals surface area contributed by atoms with Gasteiger partial charge < -0.3 is 0 Å². The normalized spacial score (nSPS) is 10.2. The largest absolute Gasteiger partial charge is 0.208 e. The minimum atomic E-state index is 0.306. The molecule has 0 amide bonds. The first-order valence-electron chi connectivity index (χ1n) is 10.2. The van der Waals surface area contributed by atoms with Gasteiger partial charge in [0.15, 0.2) is 17.5 Å². The van der Waals surface area contributed by atoms with Gasteiger partial charge in [-0.3, -0.25) is 0 Å². The van der Waals surface area contributed by atoms with Crippen molar-refractivity contribution in [3.8, 4) is 52.4 Å². The second-order valence-electron chi connectivity index (χ2n) is 7.79. The van der Waals surface area contributed by atoms with E-state index in [0.717, 1.165) is 16.7 Å². The van der Waals surface area contributed by atoms with E-state index in [1.807, 2.05) is 39.0 Å². The fourth-order valence-electron chi connectivity index (χ4n) is 3.57. The van der Waals surface area contributed by atoms with Crippen LogP contribution >= 0.6 is 0 Å². The molecule has 0 atom stereocenters. The van der Waals surface area contributed by atoms with Crippen LogP contribution in [-0.2, 0) is 0 Å². The molecule has 1 heterocycles. The molecule has 4 rings (SSSR count). The van der Waals surface area contributed by atoms with E-state index in [4.69, 9.17) is 0 Å². The minimum Gasteiger partial charge on any atom is -0.208 e. The summed E-state index contributed by atoms with van der Waals surface area (Å²) in [6.45, 7) is 5.73. The standard InChI is InChI=1S/C27H18N6/c1-16-4-7-22(19(10-16)13-28)25-31-26(23-8-5-17(2)11-20(23)14-29)33-27(32-25)24-9-6-18(3)12-21(24)15-30/h4-12H,1-3H3. The Balaban J connectivity index is 2.05. The lowest BCUT2D eigenvalue weighted by atomic mass is 10.0. The van der Waals surface area contributed by atoms with Crippen LogP contribution in [-0.4, -0.2) is 15.0 Å². The van der Waals surface area contributed by atoms with E-state index >= 15 is 0 Å². The van der Waals surface area contributed by atoms with Crippen LogP contribution in [0.15, 0.2) is 54.6 Å². The van der Waals surface area contributed by atoms with Crippen molar-refractivity contribution in [1.29, 1.82) is 15.8 Å². The molecule has 0 saturated carbocycles. The highest BCUT2D eigenvalue weighted by Crippen LogP contribution is 2.30. The first kappa shape index (κ1) is 21.4. The zero-order valence-corrected chi connectivity index (χ0v) is 18.4. The van der Waals surface area contributed by atoms with Gasteiger partial charge in [-0.05, 0) is 73.9 Å². The molecule has 0 aliphatic rings. The molecule has 0 N–H and O–H groups in total. The van der Waals surface area contributed by atoms with Gasteiger partial charge in [-0.2, -0.15) is 15.8 Å². The number of rotatable bonds is 3. The van der Waals surface area contributed by atoms with Gasteiger partial charge in [0.25, 0.3) is 0 Å². The van der Waals surface area contributed by atoms with E-state index in [9.17, 15) is 15.8 Å². The van der Waals surface area contributed by atoms with E-state index in [2.05, 4.69) is 33.2 Å². The van der Waals surface area contributed by atoms with Crippen LogP contribution < -0.4 is 0 Å². The van der Waals surface area contributed by atoms with Gasteiger partial charge in [0.1, 0.15) is 0 Å². The maximum absolute atomic E-state index is 9.69. The molecule has 0 spiro atoms. The molecule has 3 aromatic carbocycles. The number of nitriles is 3. The summed E-state index contributed by atoms with van der Waals surface area (Å²) in [5, 5.41) is 29.1. The summed E-state index contributed by atoms with van der Waals surface area (Å²) in [5.74, 6) is 0.918. The van der Waals surface area contributed by atoms with Crippen molar-refractivity contribution in [2.75, 3.05) is 0 Å². The van der Waals surface area contributed by atoms with Crippen LogP contribution in [0.3, 0.4) is 0 Å².